The van der Waals surface area contributed by atoms with Crippen molar-refractivity contribution in [3.8, 4) is 5.75 Å². The molecule has 16 heavy (non-hydrogen) atoms. The largest absolute Gasteiger partial charge is 0.494 e. The molecule has 0 amide bonds. The fourth-order valence-corrected chi connectivity index (χ4v) is 1.42. The summed E-state index contributed by atoms with van der Waals surface area (Å²) in [6.45, 7) is 4.03. The van der Waals surface area contributed by atoms with E-state index in [4.69, 9.17) is 4.74 Å². The van der Waals surface area contributed by atoms with Crippen molar-refractivity contribution in [1.29, 1.82) is 0 Å². The minimum atomic E-state index is 0.545. The van der Waals surface area contributed by atoms with Gasteiger partial charge in [-0.15, -0.1) is 0 Å². The number of hydrogen-bond acceptors (Lipinski definition) is 4. The first kappa shape index (κ1) is 10.5. The average Bonchev–Trinajstić information content (AvgIpc) is 2.62. The lowest BCUT2D eigenvalue weighted by Gasteiger charge is -2.10. The molecule has 0 spiro atoms. The maximum Gasteiger partial charge on any atom is 0.242 e. The van der Waals surface area contributed by atoms with Crippen LogP contribution in [0.2, 0.25) is 0 Å². The van der Waals surface area contributed by atoms with E-state index in [1.54, 1.807) is 19.5 Å². The number of nitrogens with one attached hydrogen (secondary N) is 1. The third-order valence-corrected chi connectivity index (χ3v) is 2.35. The summed E-state index contributed by atoms with van der Waals surface area (Å²) in [6, 6.07) is 4.07. The molecule has 0 aliphatic rings. The third-order valence-electron chi connectivity index (χ3n) is 2.35. The van der Waals surface area contributed by atoms with Crippen LogP contribution in [0.3, 0.4) is 0 Å². The summed E-state index contributed by atoms with van der Waals surface area (Å²) in [6.07, 6.45) is 3.26. The summed E-state index contributed by atoms with van der Waals surface area (Å²) in [5.74, 6) is 1.19. The lowest BCUT2D eigenvalue weighted by Crippen LogP contribution is -2.14. The second-order valence-electron chi connectivity index (χ2n) is 3.51. The molecule has 0 atom stereocenters. The summed E-state index contributed by atoms with van der Waals surface area (Å²) < 4.78 is 6.92. The Morgan fingerprint density at radius 1 is 1.12 bits per heavy atom. The highest BCUT2D eigenvalue weighted by atomic mass is 16.5. The molecular weight excluding hydrogens is 204 g/mol. The fourth-order valence-electron chi connectivity index (χ4n) is 1.42. The predicted molar refractivity (Wildman–Crippen MR) is 61.5 cm³/mol. The Bertz CT molecular complexity index is 456. The van der Waals surface area contributed by atoms with Gasteiger partial charge in [0.2, 0.25) is 5.95 Å². The summed E-state index contributed by atoms with van der Waals surface area (Å²) in [5.41, 5.74) is 5.33. The Hall–Kier alpha value is -2.04. The minimum absolute atomic E-state index is 0.545. The van der Waals surface area contributed by atoms with Crippen LogP contribution >= 0.6 is 0 Å². The Kier molecular flexibility index (Phi) is 2.76. The van der Waals surface area contributed by atoms with Crippen LogP contribution in [-0.4, -0.2) is 21.8 Å². The molecule has 0 bridgehead atoms. The van der Waals surface area contributed by atoms with Gasteiger partial charge in [-0.2, -0.15) is 0 Å². The van der Waals surface area contributed by atoms with Crippen LogP contribution in [0.25, 0.3) is 0 Å². The summed E-state index contributed by atoms with van der Waals surface area (Å²) in [4.78, 5) is 8.28. The second-order valence-corrected chi connectivity index (χ2v) is 3.51. The molecule has 2 rings (SSSR count). The molecule has 2 aromatic rings. The van der Waals surface area contributed by atoms with E-state index in [0.29, 0.717) is 11.7 Å². The Morgan fingerprint density at radius 3 is 2.19 bits per heavy atom. The van der Waals surface area contributed by atoms with Gasteiger partial charge in [0.05, 0.1) is 19.5 Å². The van der Waals surface area contributed by atoms with E-state index in [0.717, 1.165) is 11.4 Å². The SMILES string of the molecule is COc1cnc(Nn2c(C)ccc2C)nc1. The lowest BCUT2D eigenvalue weighted by molar-refractivity contribution is 0.411. The van der Waals surface area contributed by atoms with Gasteiger partial charge in [-0.3, -0.25) is 10.1 Å². The number of ether oxygens (including phenoxy) is 1. The number of methoxy groups -OCH3 is 1. The van der Waals surface area contributed by atoms with Gasteiger partial charge < -0.3 is 4.74 Å². The summed E-state index contributed by atoms with van der Waals surface area (Å²) >= 11 is 0. The molecule has 0 aromatic carbocycles. The molecule has 0 saturated heterocycles. The lowest BCUT2D eigenvalue weighted by atomic mass is 10.5. The number of anilines is 1. The summed E-state index contributed by atoms with van der Waals surface area (Å²) in [7, 11) is 1.59. The number of hydrogen-bond donors (Lipinski definition) is 1. The number of aromatic nitrogens is 3. The van der Waals surface area contributed by atoms with Crippen LogP contribution in [0, 0.1) is 13.8 Å². The van der Waals surface area contributed by atoms with E-state index >= 15 is 0 Å². The fraction of sp³-hybridized carbons (Fsp3) is 0.273. The minimum Gasteiger partial charge on any atom is -0.494 e. The van der Waals surface area contributed by atoms with Crippen molar-refractivity contribution in [2.24, 2.45) is 0 Å². The van der Waals surface area contributed by atoms with E-state index < -0.39 is 0 Å². The van der Waals surface area contributed by atoms with Gasteiger partial charge in [0.1, 0.15) is 0 Å². The van der Waals surface area contributed by atoms with E-state index in [1.807, 2.05) is 30.7 Å². The molecule has 0 radical (unpaired) electrons. The zero-order valence-electron chi connectivity index (χ0n) is 9.56. The van der Waals surface area contributed by atoms with Crippen LogP contribution in [0.1, 0.15) is 11.4 Å². The summed E-state index contributed by atoms with van der Waals surface area (Å²) in [5, 5.41) is 0. The smallest absolute Gasteiger partial charge is 0.242 e. The third kappa shape index (κ3) is 1.98. The number of nitrogens with zero attached hydrogens (tertiary/aromatic N) is 3. The first-order valence-electron chi connectivity index (χ1n) is 4.98. The van der Waals surface area contributed by atoms with Crippen LogP contribution < -0.4 is 10.2 Å². The van der Waals surface area contributed by atoms with Gasteiger partial charge >= 0.3 is 0 Å². The predicted octanol–water partition coefficient (Wildman–Crippen LogP) is 1.78. The van der Waals surface area contributed by atoms with Gasteiger partial charge in [0.15, 0.2) is 5.75 Å². The van der Waals surface area contributed by atoms with Crippen molar-refractivity contribution in [3.05, 3.63) is 35.9 Å². The van der Waals surface area contributed by atoms with Crippen molar-refractivity contribution in [3.63, 3.8) is 0 Å². The molecule has 84 valence electrons. The van der Waals surface area contributed by atoms with E-state index in [1.165, 1.54) is 0 Å². The van der Waals surface area contributed by atoms with Crippen LogP contribution in [0.15, 0.2) is 24.5 Å². The van der Waals surface area contributed by atoms with E-state index in [-0.39, 0.29) is 0 Å². The molecule has 1 N–H and O–H groups in total. The van der Waals surface area contributed by atoms with Crippen molar-refractivity contribution in [2.45, 2.75) is 13.8 Å². The van der Waals surface area contributed by atoms with Crippen molar-refractivity contribution < 1.29 is 4.74 Å². The number of rotatable bonds is 3. The van der Waals surface area contributed by atoms with Crippen LogP contribution in [0.4, 0.5) is 5.95 Å². The molecule has 2 aromatic heterocycles. The van der Waals surface area contributed by atoms with Crippen molar-refractivity contribution in [2.75, 3.05) is 12.5 Å². The van der Waals surface area contributed by atoms with Crippen LogP contribution in [0.5, 0.6) is 5.75 Å². The Balaban J connectivity index is 2.20. The molecule has 5 nitrogen and oxygen atoms in total. The maximum atomic E-state index is 4.99. The van der Waals surface area contributed by atoms with Gasteiger partial charge in [0, 0.05) is 11.4 Å². The Morgan fingerprint density at radius 2 is 1.69 bits per heavy atom. The standard InChI is InChI=1S/C11H14N4O/c1-8-4-5-9(2)15(8)14-11-12-6-10(16-3)7-13-11/h4-7H,1-3H3,(H,12,13,14). The first-order chi connectivity index (χ1) is 7.70. The molecular formula is C11H14N4O. The average molecular weight is 218 g/mol. The molecule has 0 unspecified atom stereocenters. The first-order valence-corrected chi connectivity index (χ1v) is 4.98. The van der Waals surface area contributed by atoms with Crippen LogP contribution in [-0.2, 0) is 0 Å². The zero-order valence-corrected chi connectivity index (χ0v) is 9.56. The van der Waals surface area contributed by atoms with Gasteiger partial charge in [0.25, 0.3) is 0 Å². The van der Waals surface area contributed by atoms with E-state index in [9.17, 15) is 0 Å². The van der Waals surface area contributed by atoms with Gasteiger partial charge in [-0.05, 0) is 26.0 Å². The molecule has 0 fully saturated rings. The second kappa shape index (κ2) is 4.22. The zero-order chi connectivity index (χ0) is 11.5. The highest BCUT2D eigenvalue weighted by Crippen LogP contribution is 2.10. The monoisotopic (exact) mass is 218 g/mol. The van der Waals surface area contributed by atoms with Crippen molar-refractivity contribution in [1.82, 2.24) is 14.6 Å². The molecule has 2 heterocycles. The molecule has 0 aliphatic carbocycles. The molecule has 0 aliphatic heterocycles. The topological polar surface area (TPSA) is 52.0 Å². The number of aryl methyl sites for hydroxylation is 2. The highest BCUT2D eigenvalue weighted by Gasteiger charge is 2.02. The molecule has 5 heteroatoms. The highest BCUT2D eigenvalue weighted by molar-refractivity contribution is 5.29. The molecule has 0 saturated carbocycles. The maximum absolute atomic E-state index is 4.99. The van der Waals surface area contributed by atoms with Gasteiger partial charge in [-0.1, -0.05) is 0 Å². The van der Waals surface area contributed by atoms with E-state index in [2.05, 4.69) is 15.4 Å². The van der Waals surface area contributed by atoms with Gasteiger partial charge in [-0.25, -0.2) is 9.97 Å². The quantitative estimate of drug-likeness (QED) is 0.853. The Labute approximate surface area is 94.1 Å². The normalized spacial score (nSPS) is 10.2. The van der Waals surface area contributed by atoms with Crippen molar-refractivity contribution >= 4 is 5.95 Å².